The van der Waals surface area contributed by atoms with Gasteiger partial charge in [-0.25, -0.2) is 14.5 Å². The van der Waals surface area contributed by atoms with E-state index in [4.69, 9.17) is 9.57 Å². The fourth-order valence-corrected chi connectivity index (χ4v) is 3.07. The molecule has 0 amide bonds. The number of nitrogens with one attached hydrogen (secondary N) is 1. The van der Waals surface area contributed by atoms with Crippen molar-refractivity contribution < 1.29 is 14.4 Å². The third-order valence-corrected chi connectivity index (χ3v) is 4.68. The summed E-state index contributed by atoms with van der Waals surface area (Å²) in [7, 11) is 1.35. The van der Waals surface area contributed by atoms with Gasteiger partial charge in [-0.05, 0) is 26.7 Å². The molecule has 0 bridgehead atoms. The maximum absolute atomic E-state index is 12.0. The molecule has 2 aromatic heterocycles. The van der Waals surface area contributed by atoms with Gasteiger partial charge < -0.3 is 14.9 Å². The number of methoxy groups -OCH3 is 1. The summed E-state index contributed by atoms with van der Waals surface area (Å²) in [6, 6.07) is 0.462. The first-order valence-corrected chi connectivity index (χ1v) is 8.50. The van der Waals surface area contributed by atoms with Crippen LogP contribution in [0.2, 0.25) is 0 Å². The first-order valence-electron chi connectivity index (χ1n) is 8.50. The number of pyridine rings is 1. The Labute approximate surface area is 145 Å². The van der Waals surface area contributed by atoms with Crippen LogP contribution in [-0.2, 0) is 20.9 Å². The van der Waals surface area contributed by atoms with Gasteiger partial charge >= 0.3 is 5.97 Å². The van der Waals surface area contributed by atoms with Crippen molar-refractivity contribution in [3.8, 4) is 0 Å². The third-order valence-electron chi connectivity index (χ3n) is 4.68. The van der Waals surface area contributed by atoms with E-state index in [0.29, 0.717) is 18.2 Å². The van der Waals surface area contributed by atoms with Gasteiger partial charge in [0.25, 0.3) is 0 Å². The number of hydrogen-bond donors (Lipinski definition) is 1. The minimum atomic E-state index is -1.09. The Kier molecular flexibility index (Phi) is 3.63. The number of rotatable bonds is 5. The monoisotopic (exact) mass is 343 g/mol. The van der Waals surface area contributed by atoms with Gasteiger partial charge in [0.1, 0.15) is 0 Å². The zero-order chi connectivity index (χ0) is 17.6. The highest BCUT2D eigenvalue weighted by atomic mass is 16.7. The summed E-state index contributed by atoms with van der Waals surface area (Å²) < 4.78 is 6.70. The van der Waals surface area contributed by atoms with Crippen molar-refractivity contribution in [3.05, 3.63) is 18.0 Å². The van der Waals surface area contributed by atoms with E-state index in [2.05, 4.69) is 20.6 Å². The lowest BCUT2D eigenvalue weighted by Gasteiger charge is -2.18. The van der Waals surface area contributed by atoms with Gasteiger partial charge in [0.05, 0.1) is 30.1 Å². The number of oxime groups is 1. The number of carbonyl (C=O) groups excluding carboxylic acids is 1. The number of anilines is 1. The van der Waals surface area contributed by atoms with Crippen molar-refractivity contribution in [1.29, 1.82) is 0 Å². The summed E-state index contributed by atoms with van der Waals surface area (Å²) >= 11 is 0. The smallest absolute Gasteiger partial charge is 0.353 e. The number of carbonyl (C=O) groups is 1. The van der Waals surface area contributed by atoms with E-state index in [1.54, 1.807) is 13.1 Å². The Morgan fingerprint density at radius 2 is 2.28 bits per heavy atom. The molecular weight excluding hydrogens is 322 g/mol. The molecule has 1 saturated carbocycles. The molecule has 1 atom stereocenters. The number of ether oxygens (including phenoxy) is 1. The van der Waals surface area contributed by atoms with E-state index in [9.17, 15) is 4.79 Å². The molecule has 1 aliphatic carbocycles. The molecule has 132 valence electrons. The Morgan fingerprint density at radius 1 is 1.48 bits per heavy atom. The van der Waals surface area contributed by atoms with Crippen LogP contribution < -0.4 is 5.32 Å². The van der Waals surface area contributed by atoms with Crippen LogP contribution in [0.15, 0.2) is 17.5 Å². The quantitative estimate of drug-likeness (QED) is 0.836. The van der Waals surface area contributed by atoms with E-state index in [-0.39, 0.29) is 0 Å². The lowest BCUT2D eigenvalue weighted by Crippen LogP contribution is -2.36. The van der Waals surface area contributed by atoms with Crippen molar-refractivity contribution in [1.82, 2.24) is 14.8 Å². The van der Waals surface area contributed by atoms with Gasteiger partial charge in [0, 0.05) is 30.8 Å². The summed E-state index contributed by atoms with van der Waals surface area (Å²) in [4.78, 5) is 22.0. The molecular formula is C17H21N5O3. The first-order chi connectivity index (χ1) is 12.1. The van der Waals surface area contributed by atoms with E-state index >= 15 is 0 Å². The van der Waals surface area contributed by atoms with Crippen LogP contribution in [0.25, 0.3) is 11.0 Å². The SMILES string of the molecule is CCn1ncc2c(NC3CC3)c(C3=NOC(C)(C(=O)OC)C3)cnc21. The summed E-state index contributed by atoms with van der Waals surface area (Å²) in [5.74, 6) is -0.434. The second-order valence-electron chi connectivity index (χ2n) is 6.69. The van der Waals surface area contributed by atoms with Gasteiger partial charge in [-0.15, -0.1) is 0 Å². The average molecular weight is 343 g/mol. The number of aryl methyl sites for hydroxylation is 1. The van der Waals surface area contributed by atoms with Crippen molar-refractivity contribution in [3.63, 3.8) is 0 Å². The lowest BCUT2D eigenvalue weighted by molar-refractivity contribution is -0.164. The number of hydrogen-bond acceptors (Lipinski definition) is 7. The normalized spacial score (nSPS) is 22.6. The zero-order valence-electron chi connectivity index (χ0n) is 14.6. The highest BCUT2D eigenvalue weighted by Crippen LogP contribution is 2.36. The van der Waals surface area contributed by atoms with Crippen LogP contribution in [0, 0.1) is 0 Å². The standard InChI is InChI=1S/C17H21N5O3/c1-4-22-15-12(9-19-22)14(20-10-5-6-10)11(8-18-15)13-7-17(2,25-21-13)16(23)24-3/h8-10H,4-7H2,1-3H3,(H,18,20). The Morgan fingerprint density at radius 3 is 2.96 bits per heavy atom. The van der Waals surface area contributed by atoms with Crippen molar-refractivity contribution in [2.45, 2.75) is 51.3 Å². The third kappa shape index (κ3) is 2.61. The molecule has 1 N–H and O–H groups in total. The van der Waals surface area contributed by atoms with Crippen molar-refractivity contribution >= 4 is 28.4 Å². The molecule has 0 radical (unpaired) electrons. The molecule has 1 fully saturated rings. The fraction of sp³-hybridized carbons (Fsp3) is 0.529. The Hall–Kier alpha value is -2.64. The summed E-state index contributed by atoms with van der Waals surface area (Å²) in [5, 5.41) is 13.1. The van der Waals surface area contributed by atoms with Crippen LogP contribution in [0.3, 0.4) is 0 Å². The molecule has 1 aliphatic heterocycles. The molecule has 3 heterocycles. The molecule has 4 rings (SSSR count). The van der Waals surface area contributed by atoms with Gasteiger partial charge in [0.15, 0.2) is 5.65 Å². The molecule has 0 saturated heterocycles. The van der Waals surface area contributed by atoms with E-state index in [1.165, 1.54) is 7.11 Å². The molecule has 8 heteroatoms. The van der Waals surface area contributed by atoms with E-state index < -0.39 is 11.6 Å². The predicted octanol–water partition coefficient (Wildman–Crippen LogP) is 2.08. The van der Waals surface area contributed by atoms with Gasteiger partial charge in [0.2, 0.25) is 5.60 Å². The van der Waals surface area contributed by atoms with Crippen LogP contribution in [-0.4, -0.2) is 45.2 Å². The molecule has 2 aliphatic rings. The Balaban J connectivity index is 1.75. The maximum atomic E-state index is 12.0. The van der Waals surface area contributed by atoms with Gasteiger partial charge in [-0.3, -0.25) is 0 Å². The number of nitrogens with zero attached hydrogens (tertiary/aromatic N) is 4. The van der Waals surface area contributed by atoms with Gasteiger partial charge in [-0.2, -0.15) is 5.10 Å². The minimum Gasteiger partial charge on any atom is -0.466 e. The molecule has 2 aromatic rings. The predicted molar refractivity (Wildman–Crippen MR) is 92.5 cm³/mol. The second kappa shape index (κ2) is 5.72. The number of aromatic nitrogens is 3. The second-order valence-corrected chi connectivity index (χ2v) is 6.69. The average Bonchev–Trinajstić information content (AvgIpc) is 3.19. The van der Waals surface area contributed by atoms with E-state index in [1.807, 2.05) is 17.8 Å². The maximum Gasteiger partial charge on any atom is 0.353 e. The van der Waals surface area contributed by atoms with Gasteiger partial charge in [-0.1, -0.05) is 5.16 Å². The first kappa shape index (κ1) is 15.9. The lowest BCUT2D eigenvalue weighted by atomic mass is 9.95. The summed E-state index contributed by atoms with van der Waals surface area (Å²) in [6.07, 6.45) is 6.25. The molecule has 8 nitrogen and oxygen atoms in total. The molecule has 0 aromatic carbocycles. The summed E-state index contributed by atoms with van der Waals surface area (Å²) in [6.45, 7) is 4.47. The van der Waals surface area contributed by atoms with Crippen LogP contribution in [0.5, 0.6) is 0 Å². The molecule has 0 spiro atoms. The van der Waals surface area contributed by atoms with Crippen LogP contribution >= 0.6 is 0 Å². The summed E-state index contributed by atoms with van der Waals surface area (Å²) in [5.41, 5.74) is 2.24. The number of esters is 1. The highest BCUT2D eigenvalue weighted by Gasteiger charge is 2.44. The molecule has 1 unspecified atom stereocenters. The van der Waals surface area contributed by atoms with Crippen molar-refractivity contribution in [2.24, 2.45) is 5.16 Å². The van der Waals surface area contributed by atoms with E-state index in [0.717, 1.165) is 41.7 Å². The number of fused-ring (bicyclic) bond motifs is 1. The Bertz CT molecular complexity index is 871. The van der Waals surface area contributed by atoms with Crippen molar-refractivity contribution in [2.75, 3.05) is 12.4 Å². The van der Waals surface area contributed by atoms with Crippen LogP contribution in [0.4, 0.5) is 5.69 Å². The zero-order valence-corrected chi connectivity index (χ0v) is 14.6. The highest BCUT2D eigenvalue weighted by molar-refractivity contribution is 6.12. The van der Waals surface area contributed by atoms with Crippen LogP contribution in [0.1, 0.15) is 38.7 Å². The fourth-order valence-electron chi connectivity index (χ4n) is 3.07. The minimum absolute atomic E-state index is 0.341. The molecule has 25 heavy (non-hydrogen) atoms. The topological polar surface area (TPSA) is 90.6 Å². The largest absolute Gasteiger partial charge is 0.466 e.